The monoisotopic (exact) mass is 324 g/mol. The standard InChI is InChI=1S/C19H24N4O/c24-19(16-8-9-18(21-13-16)22-12-10-20-14-22)23-11-4-7-17(23)15-5-2-1-3-6-15/h8-10,12-15,17H,1-7,11H2/t17-/m1/s1. The van der Waals surface area contributed by atoms with Crippen LogP contribution in [0.15, 0.2) is 37.1 Å². The first-order valence-electron chi connectivity index (χ1n) is 9.08. The molecule has 0 unspecified atom stereocenters. The minimum absolute atomic E-state index is 0.146. The first-order chi connectivity index (χ1) is 11.8. The maximum absolute atomic E-state index is 13.0. The van der Waals surface area contributed by atoms with Crippen LogP contribution in [0.1, 0.15) is 55.3 Å². The van der Waals surface area contributed by atoms with Gasteiger partial charge in [0.1, 0.15) is 12.1 Å². The third-order valence-corrected chi connectivity index (χ3v) is 5.52. The van der Waals surface area contributed by atoms with Crippen molar-refractivity contribution < 1.29 is 4.79 Å². The van der Waals surface area contributed by atoms with Crippen LogP contribution in [0, 0.1) is 5.92 Å². The van der Waals surface area contributed by atoms with Gasteiger partial charge in [-0.25, -0.2) is 9.97 Å². The van der Waals surface area contributed by atoms with Gasteiger partial charge in [0.15, 0.2) is 0 Å². The van der Waals surface area contributed by atoms with Gasteiger partial charge >= 0.3 is 0 Å². The molecule has 1 aliphatic carbocycles. The Morgan fingerprint density at radius 1 is 1.08 bits per heavy atom. The maximum Gasteiger partial charge on any atom is 0.255 e. The average Bonchev–Trinajstić information content (AvgIpc) is 3.34. The van der Waals surface area contributed by atoms with Gasteiger partial charge < -0.3 is 4.90 Å². The summed E-state index contributed by atoms with van der Waals surface area (Å²) in [7, 11) is 0. The SMILES string of the molecule is O=C(c1ccc(-n2ccnc2)nc1)N1CCC[C@@H]1C1CCCCC1. The van der Waals surface area contributed by atoms with Crippen molar-refractivity contribution in [2.24, 2.45) is 5.92 Å². The van der Waals surface area contributed by atoms with Crippen LogP contribution in [0.25, 0.3) is 5.82 Å². The summed E-state index contributed by atoms with van der Waals surface area (Å²) in [6, 6.07) is 4.22. The number of nitrogens with zero attached hydrogens (tertiary/aromatic N) is 4. The van der Waals surface area contributed by atoms with Crippen molar-refractivity contribution in [3.05, 3.63) is 42.6 Å². The Hall–Kier alpha value is -2.17. The van der Waals surface area contributed by atoms with E-state index in [0.717, 1.165) is 25.2 Å². The second kappa shape index (κ2) is 6.75. The Balaban J connectivity index is 1.50. The van der Waals surface area contributed by atoms with E-state index in [1.165, 1.54) is 32.1 Å². The Bertz CT molecular complexity index is 674. The molecule has 0 radical (unpaired) electrons. The van der Waals surface area contributed by atoms with Crippen LogP contribution < -0.4 is 0 Å². The molecule has 0 N–H and O–H groups in total. The van der Waals surface area contributed by atoms with Gasteiger partial charge in [0.2, 0.25) is 0 Å². The molecule has 2 aliphatic rings. The van der Waals surface area contributed by atoms with E-state index in [1.54, 1.807) is 18.7 Å². The van der Waals surface area contributed by atoms with Crippen LogP contribution in [-0.4, -0.2) is 37.9 Å². The van der Waals surface area contributed by atoms with E-state index in [0.29, 0.717) is 17.5 Å². The second-order valence-corrected chi connectivity index (χ2v) is 6.98. The Labute approximate surface area is 142 Å². The number of pyridine rings is 1. The lowest BCUT2D eigenvalue weighted by atomic mass is 9.83. The molecule has 1 saturated heterocycles. The molecule has 1 saturated carbocycles. The highest BCUT2D eigenvalue weighted by molar-refractivity contribution is 5.94. The molecule has 4 rings (SSSR count). The molecule has 2 fully saturated rings. The molecule has 5 heteroatoms. The second-order valence-electron chi connectivity index (χ2n) is 6.98. The van der Waals surface area contributed by atoms with Gasteiger partial charge in [-0.1, -0.05) is 19.3 Å². The Morgan fingerprint density at radius 2 is 1.96 bits per heavy atom. The van der Waals surface area contributed by atoms with Gasteiger partial charge in [-0.15, -0.1) is 0 Å². The minimum atomic E-state index is 0.146. The molecule has 5 nitrogen and oxygen atoms in total. The summed E-state index contributed by atoms with van der Waals surface area (Å²) in [6.07, 6.45) is 15.9. The predicted octanol–water partition coefficient (Wildman–Crippen LogP) is 3.45. The average molecular weight is 324 g/mol. The molecule has 0 aromatic carbocycles. The third-order valence-electron chi connectivity index (χ3n) is 5.52. The number of likely N-dealkylation sites (tertiary alicyclic amines) is 1. The van der Waals surface area contributed by atoms with E-state index in [2.05, 4.69) is 14.9 Å². The van der Waals surface area contributed by atoms with Crippen molar-refractivity contribution in [3.63, 3.8) is 0 Å². The molecule has 0 spiro atoms. The number of rotatable bonds is 3. The topological polar surface area (TPSA) is 51.0 Å². The van der Waals surface area contributed by atoms with Crippen molar-refractivity contribution in [2.45, 2.75) is 51.0 Å². The molecular formula is C19H24N4O. The van der Waals surface area contributed by atoms with Gasteiger partial charge in [0.25, 0.3) is 5.91 Å². The number of hydrogen-bond acceptors (Lipinski definition) is 3. The minimum Gasteiger partial charge on any atom is -0.335 e. The van der Waals surface area contributed by atoms with Crippen molar-refractivity contribution >= 4 is 5.91 Å². The highest BCUT2D eigenvalue weighted by Gasteiger charge is 2.35. The highest BCUT2D eigenvalue weighted by Crippen LogP contribution is 2.34. The summed E-state index contributed by atoms with van der Waals surface area (Å²) >= 11 is 0. The highest BCUT2D eigenvalue weighted by atomic mass is 16.2. The van der Waals surface area contributed by atoms with Crippen LogP contribution in [0.3, 0.4) is 0 Å². The first kappa shape index (κ1) is 15.4. The fraction of sp³-hybridized carbons (Fsp3) is 0.526. The number of carbonyl (C=O) groups is 1. The van der Waals surface area contributed by atoms with E-state index in [-0.39, 0.29) is 5.91 Å². The Morgan fingerprint density at radius 3 is 2.67 bits per heavy atom. The number of carbonyl (C=O) groups excluding carboxylic acids is 1. The summed E-state index contributed by atoms with van der Waals surface area (Å²) in [6.45, 7) is 0.892. The third kappa shape index (κ3) is 2.95. The van der Waals surface area contributed by atoms with Gasteiger partial charge in [-0.2, -0.15) is 0 Å². The first-order valence-corrected chi connectivity index (χ1v) is 9.08. The number of imidazole rings is 1. The molecule has 1 atom stereocenters. The van der Waals surface area contributed by atoms with Crippen LogP contribution in [-0.2, 0) is 0 Å². The van der Waals surface area contributed by atoms with Gasteiger partial charge in [0.05, 0.1) is 5.56 Å². The molecule has 2 aromatic rings. The van der Waals surface area contributed by atoms with E-state index in [9.17, 15) is 4.79 Å². The maximum atomic E-state index is 13.0. The van der Waals surface area contributed by atoms with Crippen molar-refractivity contribution in [3.8, 4) is 5.82 Å². The van der Waals surface area contributed by atoms with Crippen molar-refractivity contribution in [1.29, 1.82) is 0 Å². The normalized spacial score (nSPS) is 22.0. The summed E-state index contributed by atoms with van der Waals surface area (Å²) in [4.78, 5) is 23.5. The summed E-state index contributed by atoms with van der Waals surface area (Å²) in [5, 5.41) is 0. The van der Waals surface area contributed by atoms with Crippen LogP contribution >= 0.6 is 0 Å². The molecule has 1 amide bonds. The number of hydrogen-bond donors (Lipinski definition) is 0. The van der Waals surface area contributed by atoms with Crippen LogP contribution in [0.5, 0.6) is 0 Å². The lowest BCUT2D eigenvalue weighted by Crippen LogP contribution is -2.40. The van der Waals surface area contributed by atoms with Crippen molar-refractivity contribution in [1.82, 2.24) is 19.4 Å². The fourth-order valence-corrected chi connectivity index (χ4v) is 4.28. The van der Waals surface area contributed by atoms with Crippen molar-refractivity contribution in [2.75, 3.05) is 6.54 Å². The molecule has 0 bridgehead atoms. The van der Waals surface area contributed by atoms with Crippen LogP contribution in [0.2, 0.25) is 0 Å². The Kier molecular flexibility index (Phi) is 4.32. The van der Waals surface area contributed by atoms with E-state index in [4.69, 9.17) is 0 Å². The molecule has 1 aliphatic heterocycles. The molecular weight excluding hydrogens is 300 g/mol. The lowest BCUT2D eigenvalue weighted by molar-refractivity contribution is 0.0661. The summed E-state index contributed by atoms with van der Waals surface area (Å²) < 4.78 is 1.84. The molecule has 2 aromatic heterocycles. The molecule has 3 heterocycles. The van der Waals surface area contributed by atoms with E-state index >= 15 is 0 Å². The van der Waals surface area contributed by atoms with Crippen LogP contribution in [0.4, 0.5) is 0 Å². The van der Waals surface area contributed by atoms with E-state index < -0.39 is 0 Å². The number of amides is 1. The zero-order valence-electron chi connectivity index (χ0n) is 14.0. The summed E-state index contributed by atoms with van der Waals surface area (Å²) in [5.74, 6) is 1.63. The molecule has 24 heavy (non-hydrogen) atoms. The number of aromatic nitrogens is 3. The van der Waals surface area contributed by atoms with Gasteiger partial charge in [0, 0.05) is 31.2 Å². The zero-order valence-corrected chi connectivity index (χ0v) is 14.0. The lowest BCUT2D eigenvalue weighted by Gasteiger charge is -2.34. The smallest absolute Gasteiger partial charge is 0.255 e. The molecule has 126 valence electrons. The quantitative estimate of drug-likeness (QED) is 0.869. The van der Waals surface area contributed by atoms with Gasteiger partial charge in [-0.05, 0) is 43.7 Å². The fourth-order valence-electron chi connectivity index (χ4n) is 4.28. The zero-order chi connectivity index (χ0) is 16.4. The predicted molar refractivity (Wildman–Crippen MR) is 92.0 cm³/mol. The largest absolute Gasteiger partial charge is 0.335 e. The summed E-state index contributed by atoms with van der Waals surface area (Å²) in [5.41, 5.74) is 0.696. The van der Waals surface area contributed by atoms with Gasteiger partial charge in [-0.3, -0.25) is 9.36 Å². The van der Waals surface area contributed by atoms with E-state index in [1.807, 2.05) is 22.9 Å².